The predicted molar refractivity (Wildman–Crippen MR) is 80.2 cm³/mol. The minimum Gasteiger partial charge on any atom is -0.455 e. The molecule has 0 bridgehead atoms. The summed E-state index contributed by atoms with van der Waals surface area (Å²) >= 11 is 0. The first-order valence-electron chi connectivity index (χ1n) is 7.17. The van der Waals surface area contributed by atoms with Gasteiger partial charge in [-0.3, -0.25) is 4.79 Å². The Hall–Kier alpha value is -2.30. The van der Waals surface area contributed by atoms with E-state index in [1.165, 1.54) is 0 Å². The van der Waals surface area contributed by atoms with Crippen molar-refractivity contribution in [2.75, 3.05) is 19.7 Å². The van der Waals surface area contributed by atoms with Gasteiger partial charge in [-0.1, -0.05) is 23.4 Å². The highest BCUT2D eigenvalue weighted by Crippen LogP contribution is 2.19. The van der Waals surface area contributed by atoms with Crippen LogP contribution in [0, 0.1) is 0 Å². The van der Waals surface area contributed by atoms with Crippen LogP contribution >= 0.6 is 0 Å². The first-order valence-corrected chi connectivity index (χ1v) is 7.17. The van der Waals surface area contributed by atoms with Crippen molar-refractivity contribution >= 4 is 22.6 Å². The fraction of sp³-hybridized carbons (Fsp3) is 0.375. The Morgan fingerprint density at radius 1 is 1.33 bits per heavy atom. The van der Waals surface area contributed by atoms with E-state index in [-0.39, 0.29) is 12.5 Å². The summed E-state index contributed by atoms with van der Waals surface area (Å²) in [5, 5.41) is 5.00. The van der Waals surface area contributed by atoms with Crippen LogP contribution in [-0.4, -0.2) is 36.2 Å². The summed E-state index contributed by atoms with van der Waals surface area (Å²) in [5.74, 6) is 0.651. The smallest absolute Gasteiger partial charge is 0.263 e. The molecule has 1 aromatic heterocycles. The number of fused-ring (bicyclic) bond motifs is 1. The molecule has 1 aliphatic heterocycles. The van der Waals surface area contributed by atoms with Gasteiger partial charge in [0.1, 0.15) is 11.3 Å². The fourth-order valence-corrected chi connectivity index (χ4v) is 2.45. The van der Waals surface area contributed by atoms with Gasteiger partial charge in [0.2, 0.25) is 0 Å². The van der Waals surface area contributed by atoms with E-state index < -0.39 is 0 Å². The molecule has 0 saturated carbocycles. The summed E-state index contributed by atoms with van der Waals surface area (Å²) in [7, 11) is 0. The molecular formula is C16H18N2O3. The maximum atomic E-state index is 11.8. The molecule has 5 heteroatoms. The zero-order valence-electron chi connectivity index (χ0n) is 12.0. The lowest BCUT2D eigenvalue weighted by Gasteiger charge is -2.13. The van der Waals surface area contributed by atoms with Gasteiger partial charge in [0.05, 0.1) is 0 Å². The number of carbonyl (C=O) groups is 1. The standard InChI is InChI=1S/C16H18N2O3/c1-12(15-10-13-6-2-3-7-14(13)21-15)17-20-11-16(19)18-8-4-5-9-18/h2-3,6-7,10H,4-5,8-9,11H2,1H3/b17-12+. The molecule has 0 radical (unpaired) electrons. The molecule has 1 amide bonds. The Bertz CT molecular complexity index is 636. The lowest BCUT2D eigenvalue weighted by Crippen LogP contribution is -2.30. The van der Waals surface area contributed by atoms with Crippen molar-refractivity contribution in [2.24, 2.45) is 5.16 Å². The van der Waals surface area contributed by atoms with E-state index in [1.54, 1.807) is 6.92 Å². The van der Waals surface area contributed by atoms with E-state index in [1.807, 2.05) is 35.2 Å². The van der Waals surface area contributed by atoms with Crippen LogP contribution in [0.3, 0.4) is 0 Å². The van der Waals surface area contributed by atoms with Crippen molar-refractivity contribution < 1.29 is 14.0 Å². The Morgan fingerprint density at radius 3 is 2.86 bits per heavy atom. The molecular weight excluding hydrogens is 268 g/mol. The first-order chi connectivity index (χ1) is 10.2. The third-order valence-corrected chi connectivity index (χ3v) is 3.63. The topological polar surface area (TPSA) is 55.0 Å². The zero-order chi connectivity index (χ0) is 14.7. The molecule has 0 unspecified atom stereocenters. The number of furan rings is 1. The van der Waals surface area contributed by atoms with Gasteiger partial charge < -0.3 is 14.2 Å². The van der Waals surface area contributed by atoms with Crippen molar-refractivity contribution in [2.45, 2.75) is 19.8 Å². The summed E-state index contributed by atoms with van der Waals surface area (Å²) in [4.78, 5) is 18.8. The van der Waals surface area contributed by atoms with Gasteiger partial charge in [0.15, 0.2) is 12.4 Å². The second-order valence-corrected chi connectivity index (χ2v) is 5.19. The summed E-state index contributed by atoms with van der Waals surface area (Å²) in [6.07, 6.45) is 2.15. The number of para-hydroxylation sites is 1. The highest BCUT2D eigenvalue weighted by molar-refractivity contribution is 5.99. The average molecular weight is 286 g/mol. The monoisotopic (exact) mass is 286 g/mol. The molecule has 110 valence electrons. The third-order valence-electron chi connectivity index (χ3n) is 3.63. The van der Waals surface area contributed by atoms with Crippen LogP contribution in [0.4, 0.5) is 0 Å². The fourth-order valence-electron chi connectivity index (χ4n) is 2.45. The molecule has 0 atom stereocenters. The van der Waals surface area contributed by atoms with Crippen LogP contribution in [0.2, 0.25) is 0 Å². The molecule has 1 aromatic carbocycles. The van der Waals surface area contributed by atoms with Crippen LogP contribution in [0.15, 0.2) is 39.9 Å². The second kappa shape index (κ2) is 5.99. The first kappa shape index (κ1) is 13.7. The summed E-state index contributed by atoms with van der Waals surface area (Å²) in [6.45, 7) is 3.44. The Labute approximate surface area is 123 Å². The molecule has 0 spiro atoms. The van der Waals surface area contributed by atoms with Crippen molar-refractivity contribution in [3.05, 3.63) is 36.1 Å². The van der Waals surface area contributed by atoms with Gasteiger partial charge in [0.25, 0.3) is 5.91 Å². The van der Waals surface area contributed by atoms with E-state index in [0.717, 1.165) is 36.9 Å². The molecule has 0 aliphatic carbocycles. The molecule has 2 aromatic rings. The maximum absolute atomic E-state index is 11.8. The molecule has 5 nitrogen and oxygen atoms in total. The molecule has 3 rings (SSSR count). The van der Waals surface area contributed by atoms with Crippen molar-refractivity contribution in [1.29, 1.82) is 0 Å². The van der Waals surface area contributed by atoms with Crippen molar-refractivity contribution in [3.8, 4) is 0 Å². The van der Waals surface area contributed by atoms with E-state index in [4.69, 9.17) is 9.25 Å². The second-order valence-electron chi connectivity index (χ2n) is 5.19. The number of amides is 1. The number of rotatable bonds is 4. The number of likely N-dealkylation sites (tertiary alicyclic amines) is 1. The van der Waals surface area contributed by atoms with Crippen LogP contribution < -0.4 is 0 Å². The summed E-state index contributed by atoms with van der Waals surface area (Å²) in [6, 6.07) is 9.68. The average Bonchev–Trinajstić information content (AvgIpc) is 3.16. The zero-order valence-corrected chi connectivity index (χ0v) is 12.0. The molecule has 1 fully saturated rings. The maximum Gasteiger partial charge on any atom is 0.263 e. The Morgan fingerprint density at radius 2 is 2.10 bits per heavy atom. The Balaban J connectivity index is 1.61. The van der Waals surface area contributed by atoms with Crippen LogP contribution in [0.25, 0.3) is 11.0 Å². The van der Waals surface area contributed by atoms with E-state index in [2.05, 4.69) is 5.16 Å². The number of hydrogen-bond acceptors (Lipinski definition) is 4. The van der Waals surface area contributed by atoms with Crippen LogP contribution in [0.1, 0.15) is 25.5 Å². The normalized spacial score (nSPS) is 15.7. The van der Waals surface area contributed by atoms with Gasteiger partial charge in [-0.25, -0.2) is 0 Å². The number of carbonyl (C=O) groups excluding carboxylic acids is 1. The minimum atomic E-state index is -0.0163. The van der Waals surface area contributed by atoms with Gasteiger partial charge in [-0.05, 0) is 31.9 Å². The third kappa shape index (κ3) is 3.07. The molecule has 0 N–H and O–H groups in total. The summed E-state index contributed by atoms with van der Waals surface area (Å²) in [5.41, 5.74) is 1.44. The van der Waals surface area contributed by atoms with Gasteiger partial charge >= 0.3 is 0 Å². The van der Waals surface area contributed by atoms with E-state index in [0.29, 0.717) is 11.5 Å². The largest absolute Gasteiger partial charge is 0.455 e. The minimum absolute atomic E-state index is 0.00587. The van der Waals surface area contributed by atoms with E-state index in [9.17, 15) is 4.79 Å². The molecule has 1 aliphatic rings. The van der Waals surface area contributed by atoms with Gasteiger partial charge in [-0.2, -0.15) is 0 Å². The Kier molecular flexibility index (Phi) is 3.90. The number of benzene rings is 1. The quantitative estimate of drug-likeness (QED) is 0.641. The predicted octanol–water partition coefficient (Wildman–Crippen LogP) is 2.80. The lowest BCUT2D eigenvalue weighted by atomic mass is 10.2. The van der Waals surface area contributed by atoms with Crippen LogP contribution in [0.5, 0.6) is 0 Å². The number of hydrogen-bond donors (Lipinski definition) is 0. The van der Waals surface area contributed by atoms with Crippen molar-refractivity contribution in [1.82, 2.24) is 4.90 Å². The molecule has 21 heavy (non-hydrogen) atoms. The molecule has 1 saturated heterocycles. The number of nitrogens with zero attached hydrogens (tertiary/aromatic N) is 2. The lowest BCUT2D eigenvalue weighted by molar-refractivity contribution is -0.135. The highest BCUT2D eigenvalue weighted by Gasteiger charge is 2.18. The van der Waals surface area contributed by atoms with E-state index >= 15 is 0 Å². The number of oxime groups is 1. The highest BCUT2D eigenvalue weighted by atomic mass is 16.6. The molecule has 2 heterocycles. The van der Waals surface area contributed by atoms with Crippen LogP contribution in [-0.2, 0) is 9.63 Å². The van der Waals surface area contributed by atoms with Crippen molar-refractivity contribution in [3.63, 3.8) is 0 Å². The van der Waals surface area contributed by atoms with Gasteiger partial charge in [0, 0.05) is 18.5 Å². The summed E-state index contributed by atoms with van der Waals surface area (Å²) < 4.78 is 5.68. The van der Waals surface area contributed by atoms with Gasteiger partial charge in [-0.15, -0.1) is 0 Å². The SMILES string of the molecule is C/C(=N\OCC(=O)N1CCCC1)c1cc2ccccc2o1.